The maximum Gasteiger partial charge on any atom is 0.223 e. The van der Waals surface area contributed by atoms with Crippen LogP contribution in [-0.2, 0) is 14.6 Å². The van der Waals surface area contributed by atoms with E-state index in [4.69, 9.17) is 10.5 Å². The number of amides is 1. The van der Waals surface area contributed by atoms with Crippen molar-refractivity contribution in [2.45, 2.75) is 31.1 Å². The first-order valence-electron chi connectivity index (χ1n) is 7.22. The van der Waals surface area contributed by atoms with Gasteiger partial charge in [0.2, 0.25) is 5.91 Å². The first-order chi connectivity index (χ1) is 10.9. The highest BCUT2D eigenvalue weighted by Gasteiger charge is 2.19. The highest BCUT2D eigenvalue weighted by atomic mass is 32.2. The molecule has 0 aliphatic carbocycles. The highest BCUT2D eigenvalue weighted by molar-refractivity contribution is 7.91. The molecule has 1 aromatic rings. The van der Waals surface area contributed by atoms with Crippen molar-refractivity contribution in [3.63, 3.8) is 0 Å². The Balaban J connectivity index is 2.69. The standard InChI is InChI=1S/C16H19N3O3S/c1-14-4-6-15(7-5-14)23(21,22)13-8-16(20)19(11-2-9-17)12-3-10-18/h4-7H,2-3,8,11-13H2,1H3. The van der Waals surface area contributed by atoms with Crippen molar-refractivity contribution in [3.8, 4) is 12.1 Å². The van der Waals surface area contributed by atoms with Crippen LogP contribution in [0.2, 0.25) is 0 Å². The van der Waals surface area contributed by atoms with Gasteiger partial charge in [0.25, 0.3) is 0 Å². The van der Waals surface area contributed by atoms with Crippen LogP contribution in [0.25, 0.3) is 0 Å². The summed E-state index contributed by atoms with van der Waals surface area (Å²) in [6, 6.07) is 10.3. The van der Waals surface area contributed by atoms with Crippen LogP contribution >= 0.6 is 0 Å². The van der Waals surface area contributed by atoms with Gasteiger partial charge in [-0.15, -0.1) is 0 Å². The zero-order valence-corrected chi connectivity index (χ0v) is 13.8. The van der Waals surface area contributed by atoms with Crippen LogP contribution in [0.15, 0.2) is 29.2 Å². The Hall–Kier alpha value is -2.38. The first-order valence-corrected chi connectivity index (χ1v) is 8.87. The lowest BCUT2D eigenvalue weighted by Gasteiger charge is -2.20. The molecule has 0 aromatic heterocycles. The number of carbonyl (C=O) groups is 1. The summed E-state index contributed by atoms with van der Waals surface area (Å²) in [5, 5.41) is 17.2. The van der Waals surface area contributed by atoms with Crippen molar-refractivity contribution in [3.05, 3.63) is 29.8 Å². The molecule has 0 atom stereocenters. The fourth-order valence-corrected chi connectivity index (χ4v) is 3.20. The molecule has 0 radical (unpaired) electrons. The molecule has 122 valence electrons. The molecule has 0 bridgehead atoms. The molecule has 0 heterocycles. The third kappa shape index (κ3) is 6.09. The molecule has 0 N–H and O–H groups in total. The second-order valence-electron chi connectivity index (χ2n) is 5.08. The summed E-state index contributed by atoms with van der Waals surface area (Å²) in [6.45, 7) is 2.28. The van der Waals surface area contributed by atoms with Gasteiger partial charge in [0.05, 0.1) is 35.6 Å². The van der Waals surface area contributed by atoms with Gasteiger partial charge in [-0.3, -0.25) is 4.79 Å². The molecular weight excluding hydrogens is 314 g/mol. The SMILES string of the molecule is Cc1ccc(S(=O)(=O)CCC(=O)N(CCC#N)CCC#N)cc1. The molecule has 1 amide bonds. The number of benzene rings is 1. The lowest BCUT2D eigenvalue weighted by molar-refractivity contribution is -0.130. The Morgan fingerprint density at radius 3 is 2.09 bits per heavy atom. The summed E-state index contributed by atoms with van der Waals surface area (Å²) in [4.78, 5) is 13.7. The second kappa shape index (κ2) is 8.92. The van der Waals surface area contributed by atoms with E-state index >= 15 is 0 Å². The van der Waals surface area contributed by atoms with Crippen molar-refractivity contribution in [1.29, 1.82) is 10.5 Å². The molecule has 1 rings (SSSR count). The van der Waals surface area contributed by atoms with Gasteiger partial charge in [-0.2, -0.15) is 10.5 Å². The van der Waals surface area contributed by atoms with E-state index in [1.807, 2.05) is 19.1 Å². The largest absolute Gasteiger partial charge is 0.341 e. The summed E-state index contributed by atoms with van der Waals surface area (Å²) in [7, 11) is -3.52. The number of sulfone groups is 1. The van der Waals surface area contributed by atoms with Crippen LogP contribution in [0.3, 0.4) is 0 Å². The normalized spacial score (nSPS) is 10.6. The minimum absolute atomic E-state index is 0.155. The van der Waals surface area contributed by atoms with E-state index in [-0.39, 0.29) is 48.9 Å². The van der Waals surface area contributed by atoms with Crippen molar-refractivity contribution < 1.29 is 13.2 Å². The number of aryl methyl sites for hydroxylation is 1. The Labute approximate surface area is 136 Å². The number of hydrogen-bond acceptors (Lipinski definition) is 5. The van der Waals surface area contributed by atoms with Crippen molar-refractivity contribution in [1.82, 2.24) is 4.90 Å². The summed E-state index contributed by atoms with van der Waals surface area (Å²) in [6.07, 6.45) is 0.150. The van der Waals surface area contributed by atoms with Gasteiger partial charge in [0.1, 0.15) is 0 Å². The van der Waals surface area contributed by atoms with Crippen LogP contribution < -0.4 is 0 Å². The zero-order chi connectivity index (χ0) is 17.3. The van der Waals surface area contributed by atoms with E-state index in [0.717, 1.165) is 5.56 Å². The average molecular weight is 333 g/mol. The Kier molecular flexibility index (Phi) is 7.24. The third-order valence-corrected chi connectivity index (χ3v) is 5.04. The van der Waals surface area contributed by atoms with E-state index in [1.54, 1.807) is 12.1 Å². The first kappa shape index (κ1) is 18.7. The highest BCUT2D eigenvalue weighted by Crippen LogP contribution is 2.13. The summed E-state index contributed by atoms with van der Waals surface area (Å²) in [5.74, 6) is -0.643. The number of hydrogen-bond donors (Lipinski definition) is 0. The predicted octanol–water partition coefficient (Wildman–Crippen LogP) is 1.81. The molecule has 0 aliphatic rings. The lowest BCUT2D eigenvalue weighted by Crippen LogP contribution is -2.33. The topological polar surface area (TPSA) is 102 Å². The molecule has 0 spiro atoms. The van der Waals surface area contributed by atoms with Crippen LogP contribution in [0, 0.1) is 29.6 Å². The summed E-state index contributed by atoms with van der Waals surface area (Å²) in [5.41, 5.74) is 0.958. The maximum atomic E-state index is 12.2. The van der Waals surface area contributed by atoms with E-state index in [1.165, 1.54) is 17.0 Å². The van der Waals surface area contributed by atoms with Crippen LogP contribution in [0.1, 0.15) is 24.8 Å². The smallest absolute Gasteiger partial charge is 0.223 e. The van der Waals surface area contributed by atoms with Gasteiger partial charge in [0, 0.05) is 19.5 Å². The minimum atomic E-state index is -3.52. The predicted molar refractivity (Wildman–Crippen MR) is 84.9 cm³/mol. The van der Waals surface area contributed by atoms with Gasteiger partial charge in [-0.1, -0.05) is 17.7 Å². The van der Waals surface area contributed by atoms with Gasteiger partial charge in [0.15, 0.2) is 9.84 Å². The monoisotopic (exact) mass is 333 g/mol. The fraction of sp³-hybridized carbons (Fsp3) is 0.438. The Morgan fingerprint density at radius 2 is 1.61 bits per heavy atom. The molecule has 0 unspecified atom stereocenters. The lowest BCUT2D eigenvalue weighted by atomic mass is 10.2. The van der Waals surface area contributed by atoms with Crippen LogP contribution in [0.4, 0.5) is 0 Å². The van der Waals surface area contributed by atoms with Gasteiger partial charge < -0.3 is 4.90 Å². The van der Waals surface area contributed by atoms with E-state index < -0.39 is 9.84 Å². The third-order valence-electron chi connectivity index (χ3n) is 3.30. The maximum absolute atomic E-state index is 12.2. The van der Waals surface area contributed by atoms with E-state index in [2.05, 4.69) is 0 Å². The van der Waals surface area contributed by atoms with Crippen LogP contribution in [0.5, 0.6) is 0 Å². The van der Waals surface area contributed by atoms with Crippen molar-refractivity contribution in [2.75, 3.05) is 18.8 Å². The van der Waals surface area contributed by atoms with Crippen molar-refractivity contribution in [2.24, 2.45) is 0 Å². The molecule has 23 heavy (non-hydrogen) atoms. The molecule has 7 heteroatoms. The summed E-state index contributed by atoms with van der Waals surface area (Å²) >= 11 is 0. The average Bonchev–Trinajstić information content (AvgIpc) is 2.53. The van der Waals surface area contributed by atoms with Crippen LogP contribution in [-0.4, -0.2) is 38.1 Å². The minimum Gasteiger partial charge on any atom is -0.341 e. The van der Waals surface area contributed by atoms with E-state index in [9.17, 15) is 13.2 Å². The molecule has 0 saturated carbocycles. The number of nitriles is 2. The summed E-state index contributed by atoms with van der Waals surface area (Å²) < 4.78 is 24.4. The quantitative estimate of drug-likeness (QED) is 0.722. The van der Waals surface area contributed by atoms with Gasteiger partial charge in [-0.25, -0.2) is 8.42 Å². The Bertz CT molecular complexity index is 694. The number of nitrogens with zero attached hydrogens (tertiary/aromatic N) is 3. The van der Waals surface area contributed by atoms with Gasteiger partial charge in [-0.05, 0) is 19.1 Å². The van der Waals surface area contributed by atoms with Crippen molar-refractivity contribution >= 4 is 15.7 Å². The molecule has 0 fully saturated rings. The zero-order valence-electron chi connectivity index (χ0n) is 13.0. The molecule has 1 aromatic carbocycles. The molecule has 6 nitrogen and oxygen atoms in total. The number of carbonyl (C=O) groups excluding carboxylic acids is 1. The number of rotatable bonds is 8. The molecule has 0 saturated heterocycles. The molecular formula is C16H19N3O3S. The second-order valence-corrected chi connectivity index (χ2v) is 7.19. The molecule has 0 aliphatic heterocycles. The Morgan fingerprint density at radius 1 is 1.09 bits per heavy atom. The van der Waals surface area contributed by atoms with E-state index in [0.29, 0.717) is 0 Å². The fourth-order valence-electron chi connectivity index (χ4n) is 1.97. The van der Waals surface area contributed by atoms with Gasteiger partial charge >= 0.3 is 0 Å².